The lowest BCUT2D eigenvalue weighted by Crippen LogP contribution is -1.88. The molecular weight excluding hydrogens is 264 g/mol. The van der Waals surface area contributed by atoms with Gasteiger partial charge in [-0.25, -0.2) is 0 Å². The van der Waals surface area contributed by atoms with Crippen LogP contribution in [0, 0.1) is 0 Å². The van der Waals surface area contributed by atoms with Crippen molar-refractivity contribution in [3.8, 4) is 0 Å². The molecule has 0 spiro atoms. The molecule has 0 aliphatic heterocycles. The fraction of sp³-hybridized carbons (Fsp3) is 0.455. The van der Waals surface area contributed by atoms with Gasteiger partial charge >= 0.3 is 0 Å². The van der Waals surface area contributed by atoms with Gasteiger partial charge in [0.15, 0.2) is 0 Å². The average molecular weight is 299 g/mol. The second-order valence-corrected chi connectivity index (χ2v) is 4.89. The molecule has 0 aliphatic rings. The van der Waals surface area contributed by atoms with Crippen LogP contribution in [0.5, 0.6) is 0 Å². The Morgan fingerprint density at radius 1 is 0.455 bits per heavy atom. The minimum Gasteiger partial charge on any atom is -0.0683 e. The van der Waals surface area contributed by atoms with Crippen LogP contribution in [0.3, 0.4) is 0 Å². The van der Waals surface area contributed by atoms with Crippen LogP contribution in [0.2, 0.25) is 0 Å². The molecule has 22 heavy (non-hydrogen) atoms. The molecular formula is C22H34. The molecule has 0 heterocycles. The Morgan fingerprint density at radius 2 is 0.773 bits per heavy atom. The third kappa shape index (κ3) is 10.2. The minimum atomic E-state index is 1.23. The van der Waals surface area contributed by atoms with Gasteiger partial charge in [-0.3, -0.25) is 0 Å². The Labute approximate surface area is 138 Å². The number of aryl methyl sites for hydroxylation is 2. The highest BCUT2D eigenvalue weighted by atomic mass is 14.0. The summed E-state index contributed by atoms with van der Waals surface area (Å²) in [6.45, 7) is 8.00. The van der Waals surface area contributed by atoms with E-state index in [2.05, 4.69) is 60.7 Å². The van der Waals surface area contributed by atoms with Crippen molar-refractivity contribution in [3.63, 3.8) is 0 Å². The van der Waals surface area contributed by atoms with Gasteiger partial charge in [0.25, 0.3) is 0 Å². The molecule has 0 saturated carbocycles. The van der Waals surface area contributed by atoms with Crippen LogP contribution >= 0.6 is 0 Å². The van der Waals surface area contributed by atoms with Gasteiger partial charge in [-0.05, 0) is 36.8 Å². The first-order valence-corrected chi connectivity index (χ1v) is 9.03. The van der Waals surface area contributed by atoms with E-state index in [1.807, 2.05) is 27.7 Å². The van der Waals surface area contributed by atoms with E-state index in [0.29, 0.717) is 0 Å². The van der Waals surface area contributed by atoms with Gasteiger partial charge in [0.05, 0.1) is 0 Å². The summed E-state index contributed by atoms with van der Waals surface area (Å²) in [5.74, 6) is 0. The predicted octanol–water partition coefficient (Wildman–Crippen LogP) is 7.08. The van der Waals surface area contributed by atoms with E-state index < -0.39 is 0 Å². The smallest absolute Gasteiger partial charge is 0.0279 e. The largest absolute Gasteiger partial charge is 0.0683 e. The molecule has 0 radical (unpaired) electrons. The molecule has 0 bridgehead atoms. The molecule has 2 aromatic rings. The van der Waals surface area contributed by atoms with Gasteiger partial charge < -0.3 is 0 Å². The van der Waals surface area contributed by atoms with E-state index >= 15 is 0 Å². The zero-order chi connectivity index (χ0) is 16.5. The quantitative estimate of drug-likeness (QED) is 0.479. The molecule has 2 rings (SSSR count). The van der Waals surface area contributed by atoms with Crippen LogP contribution in [0.1, 0.15) is 64.5 Å². The van der Waals surface area contributed by atoms with Crippen molar-refractivity contribution in [2.45, 2.75) is 66.2 Å². The molecule has 2 aromatic carbocycles. The lowest BCUT2D eigenvalue weighted by molar-refractivity contribution is 0.640. The Morgan fingerprint density at radius 3 is 1.09 bits per heavy atom. The van der Waals surface area contributed by atoms with E-state index in [1.165, 1.54) is 49.7 Å². The Hall–Kier alpha value is -1.56. The fourth-order valence-electron chi connectivity index (χ4n) is 2.30. The highest BCUT2D eigenvalue weighted by molar-refractivity contribution is 5.15. The van der Waals surface area contributed by atoms with E-state index in [-0.39, 0.29) is 0 Å². The second kappa shape index (κ2) is 15.8. The fourth-order valence-corrected chi connectivity index (χ4v) is 2.30. The van der Waals surface area contributed by atoms with Crippen LogP contribution in [0.25, 0.3) is 0 Å². The first kappa shape index (κ1) is 20.4. The molecule has 0 unspecified atom stereocenters. The van der Waals surface area contributed by atoms with Crippen molar-refractivity contribution in [1.82, 2.24) is 0 Å². The molecule has 0 saturated heterocycles. The second-order valence-electron chi connectivity index (χ2n) is 4.89. The normalized spacial score (nSPS) is 9.09. The van der Waals surface area contributed by atoms with E-state index in [1.54, 1.807) is 0 Å². The van der Waals surface area contributed by atoms with Crippen LogP contribution in [-0.2, 0) is 12.8 Å². The first-order valence-electron chi connectivity index (χ1n) is 9.03. The molecule has 0 aromatic heterocycles. The number of unbranched alkanes of at least 4 members (excludes halogenated alkanes) is 3. The van der Waals surface area contributed by atoms with Gasteiger partial charge in [-0.1, -0.05) is 101 Å². The SMILES string of the molecule is CC.CC.c1ccc(CCCCCCc2ccccc2)cc1. The van der Waals surface area contributed by atoms with Gasteiger partial charge in [-0.2, -0.15) is 0 Å². The van der Waals surface area contributed by atoms with Crippen LogP contribution in [-0.4, -0.2) is 0 Å². The van der Waals surface area contributed by atoms with Crippen LogP contribution in [0.15, 0.2) is 60.7 Å². The molecule has 0 heteroatoms. The van der Waals surface area contributed by atoms with E-state index in [0.717, 1.165) is 0 Å². The summed E-state index contributed by atoms with van der Waals surface area (Å²) in [4.78, 5) is 0. The molecule has 0 atom stereocenters. The summed E-state index contributed by atoms with van der Waals surface area (Å²) in [6.07, 6.45) is 7.79. The maximum absolute atomic E-state index is 2.23. The first-order chi connectivity index (χ1) is 10.9. The number of hydrogen-bond donors (Lipinski definition) is 0. The summed E-state index contributed by atoms with van der Waals surface area (Å²) in [6, 6.07) is 21.6. The van der Waals surface area contributed by atoms with Crippen molar-refractivity contribution in [1.29, 1.82) is 0 Å². The highest BCUT2D eigenvalue weighted by Gasteiger charge is 1.94. The summed E-state index contributed by atoms with van der Waals surface area (Å²) in [5.41, 5.74) is 2.95. The summed E-state index contributed by atoms with van der Waals surface area (Å²) >= 11 is 0. The Kier molecular flexibility index (Phi) is 14.7. The van der Waals surface area contributed by atoms with Gasteiger partial charge in [-0.15, -0.1) is 0 Å². The lowest BCUT2D eigenvalue weighted by atomic mass is 10.0. The maximum Gasteiger partial charge on any atom is -0.0279 e. The third-order valence-electron chi connectivity index (χ3n) is 3.37. The Balaban J connectivity index is 0.00000102. The van der Waals surface area contributed by atoms with Gasteiger partial charge in [0, 0.05) is 0 Å². The van der Waals surface area contributed by atoms with Gasteiger partial charge in [0.2, 0.25) is 0 Å². The summed E-state index contributed by atoms with van der Waals surface area (Å²) < 4.78 is 0. The van der Waals surface area contributed by atoms with E-state index in [9.17, 15) is 0 Å². The Bertz CT molecular complexity index is 373. The maximum atomic E-state index is 2.23. The van der Waals surface area contributed by atoms with Gasteiger partial charge in [0.1, 0.15) is 0 Å². The average Bonchev–Trinajstić information content (AvgIpc) is 2.63. The molecule has 0 amide bonds. The number of rotatable bonds is 7. The summed E-state index contributed by atoms with van der Waals surface area (Å²) in [7, 11) is 0. The van der Waals surface area contributed by atoms with Crippen molar-refractivity contribution < 1.29 is 0 Å². The third-order valence-corrected chi connectivity index (χ3v) is 3.37. The summed E-state index contributed by atoms with van der Waals surface area (Å²) in [5, 5.41) is 0. The van der Waals surface area contributed by atoms with Crippen LogP contribution in [0.4, 0.5) is 0 Å². The number of hydrogen-bond acceptors (Lipinski definition) is 0. The highest BCUT2D eigenvalue weighted by Crippen LogP contribution is 2.10. The zero-order valence-corrected chi connectivity index (χ0v) is 15.0. The topological polar surface area (TPSA) is 0 Å². The minimum absolute atomic E-state index is 1.23. The molecule has 0 fully saturated rings. The zero-order valence-electron chi connectivity index (χ0n) is 15.0. The monoisotopic (exact) mass is 298 g/mol. The van der Waals surface area contributed by atoms with Crippen molar-refractivity contribution in [3.05, 3.63) is 71.8 Å². The van der Waals surface area contributed by atoms with Crippen molar-refractivity contribution >= 4 is 0 Å². The standard InChI is InChI=1S/C18H22.2C2H6/c1(5-11-17-13-7-3-8-14-17)2-6-12-18-15-9-4-10-16-18;2*1-2/h3-4,7-10,13-16H,1-2,5-6,11-12H2;2*1-2H3. The lowest BCUT2D eigenvalue weighted by Gasteiger charge is -2.03. The molecule has 0 aliphatic carbocycles. The van der Waals surface area contributed by atoms with Crippen molar-refractivity contribution in [2.24, 2.45) is 0 Å². The number of benzene rings is 2. The molecule has 122 valence electrons. The molecule has 0 N–H and O–H groups in total. The van der Waals surface area contributed by atoms with Crippen LogP contribution < -0.4 is 0 Å². The predicted molar refractivity (Wildman–Crippen MR) is 101 cm³/mol. The van der Waals surface area contributed by atoms with Crippen molar-refractivity contribution in [2.75, 3.05) is 0 Å². The molecule has 0 nitrogen and oxygen atoms in total. The van der Waals surface area contributed by atoms with E-state index in [4.69, 9.17) is 0 Å².